The van der Waals surface area contributed by atoms with E-state index in [2.05, 4.69) is 44.2 Å². The van der Waals surface area contributed by atoms with Crippen molar-refractivity contribution in [1.82, 2.24) is 0 Å². The molecular weight excluding hydrogens is 372 g/mol. The second-order valence-corrected chi connectivity index (χ2v) is 9.67. The van der Waals surface area contributed by atoms with Gasteiger partial charge in [0, 0.05) is 12.3 Å². The molecule has 0 radical (unpaired) electrons. The molecule has 3 rings (SSSR count). The van der Waals surface area contributed by atoms with Gasteiger partial charge in [0.1, 0.15) is 5.76 Å². The Balaban J connectivity index is 2.04. The first-order valence-corrected chi connectivity index (χ1v) is 10.6. The van der Waals surface area contributed by atoms with Crippen LogP contribution in [0.4, 0.5) is 0 Å². The maximum Gasteiger partial charge on any atom is 0.316 e. The Morgan fingerprint density at radius 1 is 1.00 bits per heavy atom. The van der Waals surface area contributed by atoms with E-state index in [4.69, 9.17) is 4.74 Å². The lowest BCUT2D eigenvalue weighted by Gasteiger charge is -2.18. The number of aryl methyl sites for hydroxylation is 4. The molecule has 3 heteroatoms. The molecule has 0 saturated heterocycles. The Morgan fingerprint density at radius 3 is 2.20 bits per heavy atom. The van der Waals surface area contributed by atoms with Crippen molar-refractivity contribution < 1.29 is 14.3 Å². The van der Waals surface area contributed by atoms with Gasteiger partial charge in [-0.3, -0.25) is 9.59 Å². The molecule has 0 bridgehead atoms. The molecule has 0 N–H and O–H groups in total. The molecule has 0 fully saturated rings. The third-order valence-corrected chi connectivity index (χ3v) is 5.65. The van der Waals surface area contributed by atoms with Gasteiger partial charge >= 0.3 is 5.97 Å². The largest absolute Gasteiger partial charge is 0.430 e. The highest BCUT2D eigenvalue weighted by Gasteiger charge is 2.38. The fourth-order valence-corrected chi connectivity index (χ4v) is 4.24. The lowest BCUT2D eigenvalue weighted by atomic mass is 9.89. The number of benzene rings is 2. The third kappa shape index (κ3) is 4.56. The lowest BCUT2D eigenvalue weighted by molar-refractivity contribution is -0.148. The van der Waals surface area contributed by atoms with Gasteiger partial charge in [0.05, 0.1) is 11.0 Å². The lowest BCUT2D eigenvalue weighted by Crippen LogP contribution is -2.22. The van der Waals surface area contributed by atoms with E-state index in [1.165, 1.54) is 5.56 Å². The molecule has 3 nitrogen and oxygen atoms in total. The van der Waals surface area contributed by atoms with Crippen LogP contribution >= 0.6 is 0 Å². The summed E-state index contributed by atoms with van der Waals surface area (Å²) in [7, 11) is 0. The second-order valence-electron chi connectivity index (χ2n) is 9.67. The van der Waals surface area contributed by atoms with E-state index < -0.39 is 5.41 Å². The molecule has 0 aliphatic heterocycles. The zero-order valence-corrected chi connectivity index (χ0v) is 19.2. The zero-order chi connectivity index (χ0) is 22.2. The van der Waals surface area contributed by atoms with Crippen molar-refractivity contribution in [3.8, 4) is 0 Å². The highest BCUT2D eigenvalue weighted by molar-refractivity contribution is 6.25. The summed E-state index contributed by atoms with van der Waals surface area (Å²) >= 11 is 0. The molecule has 1 aliphatic rings. The Hall–Kier alpha value is -2.68. The monoisotopic (exact) mass is 404 g/mol. The highest BCUT2D eigenvalue weighted by Crippen LogP contribution is 2.40. The van der Waals surface area contributed by atoms with Gasteiger partial charge in [-0.1, -0.05) is 47.5 Å². The molecule has 1 atom stereocenters. The summed E-state index contributed by atoms with van der Waals surface area (Å²) in [5.41, 5.74) is 6.41. The van der Waals surface area contributed by atoms with Gasteiger partial charge in [0.2, 0.25) is 0 Å². The Labute approximate surface area is 180 Å². The first kappa shape index (κ1) is 22.0. The van der Waals surface area contributed by atoms with Gasteiger partial charge in [0.25, 0.3) is 0 Å². The fraction of sp³-hybridized carbons (Fsp3) is 0.407. The summed E-state index contributed by atoms with van der Waals surface area (Å²) in [6.45, 7) is 13.6. The summed E-state index contributed by atoms with van der Waals surface area (Å²) in [5, 5.41) is 0. The van der Waals surface area contributed by atoms with Crippen LogP contribution in [0.25, 0.3) is 5.57 Å². The number of carbonyl (C=O) groups excluding carboxylic acids is 2. The predicted molar refractivity (Wildman–Crippen MR) is 121 cm³/mol. The maximum absolute atomic E-state index is 13.6. The van der Waals surface area contributed by atoms with E-state index in [-0.39, 0.29) is 17.7 Å². The van der Waals surface area contributed by atoms with Crippen LogP contribution < -0.4 is 0 Å². The zero-order valence-electron chi connectivity index (χ0n) is 19.2. The van der Waals surface area contributed by atoms with Crippen LogP contribution in [0.3, 0.4) is 0 Å². The van der Waals surface area contributed by atoms with Crippen LogP contribution in [-0.4, -0.2) is 11.8 Å². The van der Waals surface area contributed by atoms with Crippen molar-refractivity contribution in [3.05, 3.63) is 75.5 Å². The second kappa shape index (κ2) is 8.22. The summed E-state index contributed by atoms with van der Waals surface area (Å²) in [5.74, 6) is 0.0713. The Kier molecular flexibility index (Phi) is 6.03. The minimum absolute atomic E-state index is 0.0725. The van der Waals surface area contributed by atoms with E-state index >= 15 is 0 Å². The highest BCUT2D eigenvalue weighted by atomic mass is 16.5. The van der Waals surface area contributed by atoms with Crippen LogP contribution in [-0.2, 0) is 20.7 Å². The summed E-state index contributed by atoms with van der Waals surface area (Å²) in [4.78, 5) is 26.2. The van der Waals surface area contributed by atoms with Crippen LogP contribution in [0.5, 0.6) is 0 Å². The number of Topliss-reactive ketones (excluding diaryl/α,β-unsaturated/α-hetero) is 1. The van der Waals surface area contributed by atoms with Gasteiger partial charge in [-0.15, -0.1) is 0 Å². The van der Waals surface area contributed by atoms with Crippen molar-refractivity contribution in [2.45, 2.75) is 61.3 Å². The number of allylic oxidation sites excluding steroid dienone is 2. The molecule has 0 heterocycles. The molecular formula is C27H32O3. The van der Waals surface area contributed by atoms with E-state index in [9.17, 15) is 9.59 Å². The van der Waals surface area contributed by atoms with E-state index in [1.807, 2.05) is 40.7 Å². The molecule has 30 heavy (non-hydrogen) atoms. The average Bonchev–Trinajstić information content (AvgIpc) is 2.89. The first-order valence-electron chi connectivity index (χ1n) is 10.6. The quantitative estimate of drug-likeness (QED) is 0.582. The van der Waals surface area contributed by atoms with Crippen LogP contribution in [0, 0.1) is 39.0 Å². The topological polar surface area (TPSA) is 43.4 Å². The Morgan fingerprint density at radius 2 is 1.63 bits per heavy atom. The molecule has 0 amide bonds. The fourth-order valence-electron chi connectivity index (χ4n) is 4.24. The standard InChI is InChI=1S/C27H32O3/c1-16-9-8-10-20(13-16)14-21-15-22(30-26(29)27(5,6)7)24(25(21)28)23-18(3)11-17(2)12-19(23)4/h8-13,21H,14-15H2,1-7H3. The Bertz CT molecular complexity index is 1010. The minimum atomic E-state index is -0.632. The van der Waals surface area contributed by atoms with Crippen molar-refractivity contribution >= 4 is 17.3 Å². The van der Waals surface area contributed by atoms with Crippen LogP contribution in [0.2, 0.25) is 0 Å². The minimum Gasteiger partial charge on any atom is -0.430 e. The molecule has 2 aromatic carbocycles. The molecule has 2 aromatic rings. The van der Waals surface area contributed by atoms with E-state index in [1.54, 1.807) is 0 Å². The van der Waals surface area contributed by atoms with Crippen molar-refractivity contribution in [1.29, 1.82) is 0 Å². The smallest absolute Gasteiger partial charge is 0.316 e. The van der Waals surface area contributed by atoms with E-state index in [0.29, 0.717) is 24.2 Å². The number of carbonyl (C=O) groups is 2. The number of rotatable bonds is 4. The van der Waals surface area contributed by atoms with Gasteiger partial charge in [-0.05, 0) is 77.1 Å². The third-order valence-electron chi connectivity index (χ3n) is 5.65. The van der Waals surface area contributed by atoms with Crippen LogP contribution in [0.1, 0.15) is 60.6 Å². The number of hydrogen-bond acceptors (Lipinski definition) is 3. The summed E-state index contributed by atoms with van der Waals surface area (Å²) in [6, 6.07) is 12.4. The van der Waals surface area contributed by atoms with Crippen molar-refractivity contribution in [2.24, 2.45) is 11.3 Å². The molecule has 0 aromatic heterocycles. The maximum atomic E-state index is 13.6. The average molecular weight is 405 g/mol. The predicted octanol–water partition coefficient (Wildman–Crippen LogP) is 6.05. The molecule has 1 aliphatic carbocycles. The SMILES string of the molecule is Cc1cccc(CC2CC(OC(=O)C(C)(C)C)=C(c3c(C)cc(C)cc3C)C2=O)c1. The van der Waals surface area contributed by atoms with Crippen molar-refractivity contribution in [3.63, 3.8) is 0 Å². The summed E-state index contributed by atoms with van der Waals surface area (Å²) < 4.78 is 5.86. The number of esters is 1. The van der Waals surface area contributed by atoms with E-state index in [0.717, 1.165) is 27.8 Å². The normalized spacial score (nSPS) is 16.9. The number of ether oxygens (including phenoxy) is 1. The molecule has 1 unspecified atom stereocenters. The van der Waals surface area contributed by atoms with Gasteiger partial charge in [-0.2, -0.15) is 0 Å². The first-order chi connectivity index (χ1) is 14.0. The van der Waals surface area contributed by atoms with Crippen LogP contribution in [0.15, 0.2) is 42.2 Å². The molecule has 0 spiro atoms. The number of ketones is 1. The van der Waals surface area contributed by atoms with Gasteiger partial charge < -0.3 is 4.74 Å². The van der Waals surface area contributed by atoms with Gasteiger partial charge in [-0.25, -0.2) is 0 Å². The number of hydrogen-bond donors (Lipinski definition) is 0. The summed E-state index contributed by atoms with van der Waals surface area (Å²) in [6.07, 6.45) is 1.10. The van der Waals surface area contributed by atoms with Crippen molar-refractivity contribution in [2.75, 3.05) is 0 Å². The molecule has 0 saturated carbocycles. The van der Waals surface area contributed by atoms with Gasteiger partial charge in [0.15, 0.2) is 5.78 Å². The molecule has 158 valence electrons.